The first-order valence-electron chi connectivity index (χ1n) is 9.87. The van der Waals surface area contributed by atoms with Crippen LogP contribution in [0.5, 0.6) is 0 Å². The summed E-state index contributed by atoms with van der Waals surface area (Å²) in [5.74, 6) is -1.04. The van der Waals surface area contributed by atoms with Crippen LogP contribution in [0.3, 0.4) is 0 Å². The molecule has 0 fully saturated rings. The maximum atomic E-state index is 13.1. The summed E-state index contributed by atoms with van der Waals surface area (Å²) in [6, 6.07) is 19.3. The van der Waals surface area contributed by atoms with Crippen molar-refractivity contribution in [3.8, 4) is 16.9 Å². The number of carbonyl (C=O) groups excluding carboxylic acids is 2. The van der Waals surface area contributed by atoms with Crippen molar-refractivity contribution in [1.82, 2.24) is 14.8 Å². The standard InChI is InChI=1S/C24H12Br4N4O2/c25-18-16-17(19(26)21(28)20(18)27)24(34)32(23(16)33)29-11-14-12-31(15-9-5-2-6-10-15)30-22(14)13-7-3-1-4-8-13/h1-12H. The topological polar surface area (TPSA) is 67.6 Å². The van der Waals surface area contributed by atoms with Crippen molar-refractivity contribution >= 4 is 81.7 Å². The lowest BCUT2D eigenvalue weighted by atomic mass is 10.1. The molecule has 0 aliphatic carbocycles. The normalized spacial score (nSPS) is 13.2. The van der Waals surface area contributed by atoms with Crippen molar-refractivity contribution in [1.29, 1.82) is 0 Å². The van der Waals surface area contributed by atoms with Crippen LogP contribution in [0, 0.1) is 0 Å². The number of benzene rings is 3. The Hall–Kier alpha value is -2.40. The second-order valence-corrected chi connectivity index (χ2v) is 10.4. The highest BCUT2D eigenvalue weighted by Gasteiger charge is 2.41. The summed E-state index contributed by atoms with van der Waals surface area (Å²) in [6.45, 7) is 0. The summed E-state index contributed by atoms with van der Waals surface area (Å²) in [5.41, 5.74) is 3.59. The number of amides is 2. The van der Waals surface area contributed by atoms with Gasteiger partial charge < -0.3 is 0 Å². The zero-order chi connectivity index (χ0) is 24.0. The van der Waals surface area contributed by atoms with Gasteiger partial charge in [0.1, 0.15) is 5.69 Å². The first-order valence-corrected chi connectivity index (χ1v) is 13.0. The van der Waals surface area contributed by atoms with E-state index in [1.807, 2.05) is 66.9 Å². The molecule has 1 aromatic heterocycles. The van der Waals surface area contributed by atoms with Gasteiger partial charge in [0.15, 0.2) is 0 Å². The van der Waals surface area contributed by atoms with Crippen LogP contribution < -0.4 is 0 Å². The number of rotatable bonds is 4. The summed E-state index contributed by atoms with van der Waals surface area (Å²) < 4.78 is 3.96. The number of carbonyl (C=O) groups is 2. The van der Waals surface area contributed by atoms with E-state index in [9.17, 15) is 9.59 Å². The van der Waals surface area contributed by atoms with Crippen LogP contribution in [0.25, 0.3) is 16.9 Å². The number of halogens is 4. The van der Waals surface area contributed by atoms with Crippen LogP contribution in [0.1, 0.15) is 26.3 Å². The van der Waals surface area contributed by atoms with E-state index < -0.39 is 11.8 Å². The minimum absolute atomic E-state index is 0.243. The van der Waals surface area contributed by atoms with Crippen LogP contribution in [0.4, 0.5) is 0 Å². The molecule has 0 radical (unpaired) electrons. The molecular formula is C24H12Br4N4O2. The maximum absolute atomic E-state index is 13.1. The lowest BCUT2D eigenvalue weighted by Gasteiger charge is -2.07. The Kier molecular flexibility index (Phi) is 6.41. The summed E-state index contributed by atoms with van der Waals surface area (Å²) in [7, 11) is 0. The second-order valence-electron chi connectivity index (χ2n) is 7.25. The van der Waals surface area contributed by atoms with Crippen LogP contribution in [-0.2, 0) is 0 Å². The summed E-state index contributed by atoms with van der Waals surface area (Å²) in [6.07, 6.45) is 3.31. The van der Waals surface area contributed by atoms with Gasteiger partial charge in [0.2, 0.25) is 0 Å². The molecule has 0 spiro atoms. The maximum Gasteiger partial charge on any atom is 0.283 e. The molecule has 6 nitrogen and oxygen atoms in total. The molecule has 4 aromatic rings. The predicted molar refractivity (Wildman–Crippen MR) is 144 cm³/mol. The first kappa shape index (κ1) is 23.3. The molecule has 0 saturated heterocycles. The number of para-hydroxylation sites is 1. The van der Waals surface area contributed by atoms with E-state index in [0.717, 1.165) is 16.3 Å². The number of hydrogen-bond donors (Lipinski definition) is 0. The van der Waals surface area contributed by atoms with Gasteiger partial charge >= 0.3 is 0 Å². The average molecular weight is 708 g/mol. The third-order valence-electron chi connectivity index (χ3n) is 5.20. The Morgan fingerprint density at radius 3 is 1.82 bits per heavy atom. The van der Waals surface area contributed by atoms with Crippen LogP contribution >= 0.6 is 63.7 Å². The summed E-state index contributed by atoms with van der Waals surface area (Å²) >= 11 is 13.7. The smallest absolute Gasteiger partial charge is 0.267 e. The Morgan fingerprint density at radius 1 is 0.735 bits per heavy atom. The SMILES string of the molecule is O=C1c2c(Br)c(Br)c(Br)c(Br)c2C(=O)N1N=Cc1cn(-c2ccccc2)nc1-c1ccccc1. The molecule has 0 N–H and O–H groups in total. The van der Waals surface area contributed by atoms with Gasteiger partial charge in [-0.05, 0) is 75.9 Å². The summed E-state index contributed by atoms with van der Waals surface area (Å²) in [5, 5.41) is 9.89. The highest BCUT2D eigenvalue weighted by atomic mass is 79.9. The van der Waals surface area contributed by atoms with Crippen molar-refractivity contribution in [3.05, 3.63) is 101 Å². The molecular weight excluding hydrogens is 696 g/mol. The van der Waals surface area contributed by atoms with Gasteiger partial charge in [0.25, 0.3) is 11.8 Å². The molecule has 3 aromatic carbocycles. The van der Waals surface area contributed by atoms with Gasteiger partial charge in [0, 0.05) is 35.2 Å². The third kappa shape index (κ3) is 3.92. The predicted octanol–water partition coefficient (Wildman–Crippen LogP) is 7.22. The molecule has 2 amide bonds. The minimum atomic E-state index is -0.520. The first-order chi connectivity index (χ1) is 16.4. The molecule has 0 unspecified atom stereocenters. The van der Waals surface area contributed by atoms with E-state index in [1.165, 1.54) is 6.21 Å². The molecule has 0 atom stereocenters. The molecule has 34 heavy (non-hydrogen) atoms. The monoisotopic (exact) mass is 704 g/mol. The van der Waals surface area contributed by atoms with E-state index in [-0.39, 0.29) is 11.1 Å². The average Bonchev–Trinajstić information content (AvgIpc) is 3.40. The van der Waals surface area contributed by atoms with Crippen LogP contribution in [0.2, 0.25) is 0 Å². The Labute approximate surface area is 228 Å². The van der Waals surface area contributed by atoms with Crippen LogP contribution in [-0.4, -0.2) is 32.8 Å². The van der Waals surface area contributed by atoms with Crippen molar-refractivity contribution in [2.75, 3.05) is 0 Å². The Bertz CT molecular complexity index is 1440. The van der Waals surface area contributed by atoms with Crippen molar-refractivity contribution < 1.29 is 9.59 Å². The molecule has 2 heterocycles. The Balaban J connectivity index is 1.58. The van der Waals surface area contributed by atoms with Gasteiger partial charge in [-0.3, -0.25) is 9.59 Å². The van der Waals surface area contributed by atoms with Gasteiger partial charge in [-0.1, -0.05) is 48.5 Å². The summed E-state index contributed by atoms with van der Waals surface area (Å²) in [4.78, 5) is 26.3. The molecule has 5 rings (SSSR count). The molecule has 0 bridgehead atoms. The number of imide groups is 1. The Morgan fingerprint density at radius 2 is 1.26 bits per heavy atom. The van der Waals surface area contributed by atoms with E-state index >= 15 is 0 Å². The quantitative estimate of drug-likeness (QED) is 0.0975. The third-order valence-corrected chi connectivity index (χ3v) is 9.97. The lowest BCUT2D eigenvalue weighted by molar-refractivity contribution is 0.0659. The number of nitrogens with zero attached hydrogens (tertiary/aromatic N) is 4. The van der Waals surface area contributed by atoms with Gasteiger partial charge in [-0.2, -0.15) is 15.2 Å². The number of hydrazone groups is 1. The fraction of sp³-hybridized carbons (Fsp3) is 0. The van der Waals surface area contributed by atoms with Gasteiger partial charge in [-0.15, -0.1) is 0 Å². The van der Waals surface area contributed by atoms with Gasteiger partial charge in [-0.25, -0.2) is 4.68 Å². The molecule has 168 valence electrons. The van der Waals surface area contributed by atoms with Crippen molar-refractivity contribution in [2.24, 2.45) is 5.10 Å². The van der Waals surface area contributed by atoms with Crippen molar-refractivity contribution in [3.63, 3.8) is 0 Å². The van der Waals surface area contributed by atoms with Crippen LogP contribution in [0.15, 0.2) is 89.9 Å². The van der Waals surface area contributed by atoms with E-state index in [2.05, 4.69) is 68.8 Å². The highest BCUT2D eigenvalue weighted by molar-refractivity contribution is 9.15. The minimum Gasteiger partial charge on any atom is -0.267 e. The molecule has 0 saturated carbocycles. The molecule has 10 heteroatoms. The number of fused-ring (bicyclic) bond motifs is 1. The largest absolute Gasteiger partial charge is 0.283 e. The van der Waals surface area contributed by atoms with E-state index in [0.29, 0.717) is 29.1 Å². The second kappa shape index (κ2) is 9.33. The fourth-order valence-electron chi connectivity index (χ4n) is 3.58. The van der Waals surface area contributed by atoms with E-state index in [1.54, 1.807) is 4.68 Å². The zero-order valence-corrected chi connectivity index (χ0v) is 23.4. The lowest BCUT2D eigenvalue weighted by Crippen LogP contribution is -2.24. The number of aromatic nitrogens is 2. The van der Waals surface area contributed by atoms with Gasteiger partial charge in [0.05, 0.1) is 23.0 Å². The molecule has 1 aliphatic rings. The van der Waals surface area contributed by atoms with E-state index in [4.69, 9.17) is 5.10 Å². The fourth-order valence-corrected chi connectivity index (χ4v) is 6.03. The van der Waals surface area contributed by atoms with Crippen molar-refractivity contribution in [2.45, 2.75) is 0 Å². The highest BCUT2D eigenvalue weighted by Crippen LogP contribution is 2.45. The number of hydrogen-bond acceptors (Lipinski definition) is 4. The zero-order valence-electron chi connectivity index (χ0n) is 17.0. The molecule has 1 aliphatic heterocycles.